The molecule has 0 amide bonds. The van der Waals surface area contributed by atoms with Gasteiger partial charge in [-0.05, 0) is 48.9 Å². The zero-order chi connectivity index (χ0) is 15.5. The SMILES string of the molecule is CCNCc1ccc(CC)c(S(=O)(=O)N(C)CC2CC2)c1. The summed E-state index contributed by atoms with van der Waals surface area (Å²) in [6, 6.07) is 5.80. The van der Waals surface area contributed by atoms with Crippen LogP contribution in [0, 0.1) is 5.92 Å². The van der Waals surface area contributed by atoms with Gasteiger partial charge in [0.1, 0.15) is 0 Å². The fourth-order valence-electron chi connectivity index (χ4n) is 2.44. The van der Waals surface area contributed by atoms with Crippen LogP contribution in [0.2, 0.25) is 0 Å². The molecule has 0 aliphatic heterocycles. The predicted molar refractivity (Wildman–Crippen MR) is 85.7 cm³/mol. The van der Waals surface area contributed by atoms with E-state index in [9.17, 15) is 8.42 Å². The number of benzene rings is 1. The van der Waals surface area contributed by atoms with Gasteiger partial charge in [-0.15, -0.1) is 0 Å². The maximum atomic E-state index is 12.8. The van der Waals surface area contributed by atoms with Crippen LogP contribution in [0.15, 0.2) is 23.1 Å². The first-order valence-electron chi connectivity index (χ1n) is 7.77. The van der Waals surface area contributed by atoms with Gasteiger partial charge in [-0.3, -0.25) is 0 Å². The second kappa shape index (κ2) is 6.90. The van der Waals surface area contributed by atoms with E-state index in [2.05, 4.69) is 5.32 Å². The standard InChI is InChI=1S/C16H26N2O2S/c1-4-15-9-8-14(11-17-5-2)10-16(15)21(19,20)18(3)12-13-6-7-13/h8-10,13,17H,4-7,11-12H2,1-3H3. The summed E-state index contributed by atoms with van der Waals surface area (Å²) in [5, 5.41) is 3.24. The monoisotopic (exact) mass is 310 g/mol. The number of nitrogens with zero attached hydrogens (tertiary/aromatic N) is 1. The van der Waals surface area contributed by atoms with Crippen molar-refractivity contribution in [3.05, 3.63) is 29.3 Å². The summed E-state index contributed by atoms with van der Waals surface area (Å²) >= 11 is 0. The zero-order valence-corrected chi connectivity index (χ0v) is 14.0. The van der Waals surface area contributed by atoms with Gasteiger partial charge in [-0.1, -0.05) is 26.0 Å². The predicted octanol–water partition coefficient (Wildman–Crippen LogP) is 2.39. The summed E-state index contributed by atoms with van der Waals surface area (Å²) in [7, 11) is -1.68. The molecular weight excluding hydrogens is 284 g/mol. The van der Waals surface area contributed by atoms with E-state index in [-0.39, 0.29) is 0 Å². The quantitative estimate of drug-likeness (QED) is 0.802. The van der Waals surface area contributed by atoms with Gasteiger partial charge in [0.25, 0.3) is 0 Å². The second-order valence-electron chi connectivity index (χ2n) is 5.80. The summed E-state index contributed by atoms with van der Waals surface area (Å²) in [6.07, 6.45) is 3.04. The number of rotatable bonds is 8. The van der Waals surface area contributed by atoms with Crippen LogP contribution in [0.25, 0.3) is 0 Å². The summed E-state index contributed by atoms with van der Waals surface area (Å²) < 4.78 is 27.1. The molecule has 0 atom stereocenters. The van der Waals surface area contributed by atoms with Crippen LogP contribution in [0.3, 0.4) is 0 Å². The van der Waals surface area contributed by atoms with Crippen molar-refractivity contribution in [1.82, 2.24) is 9.62 Å². The molecule has 2 rings (SSSR count). The van der Waals surface area contributed by atoms with E-state index >= 15 is 0 Å². The fourth-order valence-corrected chi connectivity index (χ4v) is 4.03. The molecule has 5 heteroatoms. The normalized spacial score (nSPS) is 15.6. The molecule has 1 aliphatic rings. The minimum Gasteiger partial charge on any atom is -0.313 e. The highest BCUT2D eigenvalue weighted by Crippen LogP contribution is 2.31. The number of hydrogen-bond donors (Lipinski definition) is 1. The molecule has 21 heavy (non-hydrogen) atoms. The van der Waals surface area contributed by atoms with Crippen LogP contribution in [-0.2, 0) is 23.0 Å². The van der Waals surface area contributed by atoms with Crippen molar-refractivity contribution in [2.24, 2.45) is 5.92 Å². The molecule has 0 spiro atoms. The van der Waals surface area contributed by atoms with Gasteiger partial charge in [0, 0.05) is 20.1 Å². The Labute approximate surface area is 128 Å². The smallest absolute Gasteiger partial charge is 0.243 e. The third-order valence-electron chi connectivity index (χ3n) is 3.99. The average Bonchev–Trinajstić information content (AvgIpc) is 3.28. The highest BCUT2D eigenvalue weighted by molar-refractivity contribution is 7.89. The van der Waals surface area contributed by atoms with Crippen LogP contribution >= 0.6 is 0 Å². The summed E-state index contributed by atoms with van der Waals surface area (Å²) in [6.45, 7) is 6.26. The number of hydrogen-bond acceptors (Lipinski definition) is 3. The van der Waals surface area contributed by atoms with E-state index in [4.69, 9.17) is 0 Å². The van der Waals surface area contributed by atoms with Crippen molar-refractivity contribution in [3.8, 4) is 0 Å². The van der Waals surface area contributed by atoms with Crippen LogP contribution in [0.1, 0.15) is 37.8 Å². The molecule has 1 saturated carbocycles. The maximum absolute atomic E-state index is 12.8. The molecule has 1 fully saturated rings. The van der Waals surface area contributed by atoms with Gasteiger partial charge in [-0.25, -0.2) is 12.7 Å². The van der Waals surface area contributed by atoms with Crippen molar-refractivity contribution < 1.29 is 8.42 Å². The largest absolute Gasteiger partial charge is 0.313 e. The third kappa shape index (κ3) is 4.05. The average molecular weight is 310 g/mol. The Balaban J connectivity index is 2.29. The van der Waals surface area contributed by atoms with Gasteiger partial charge < -0.3 is 5.32 Å². The van der Waals surface area contributed by atoms with Crippen molar-refractivity contribution in [2.45, 2.75) is 44.6 Å². The van der Waals surface area contributed by atoms with Crippen molar-refractivity contribution in [3.63, 3.8) is 0 Å². The third-order valence-corrected chi connectivity index (χ3v) is 5.90. The molecule has 0 aromatic heterocycles. The lowest BCUT2D eigenvalue weighted by Gasteiger charge is -2.19. The molecule has 0 unspecified atom stereocenters. The van der Waals surface area contributed by atoms with E-state index in [1.165, 1.54) is 4.31 Å². The van der Waals surface area contributed by atoms with Crippen molar-refractivity contribution >= 4 is 10.0 Å². The first kappa shape index (κ1) is 16.5. The molecule has 0 heterocycles. The lowest BCUT2D eigenvalue weighted by atomic mass is 10.1. The number of aryl methyl sites for hydroxylation is 1. The first-order valence-corrected chi connectivity index (χ1v) is 9.21. The van der Waals surface area contributed by atoms with Crippen molar-refractivity contribution in [2.75, 3.05) is 20.1 Å². The van der Waals surface area contributed by atoms with E-state index in [1.54, 1.807) is 7.05 Å². The van der Waals surface area contributed by atoms with E-state index in [1.807, 2.05) is 32.0 Å². The minimum absolute atomic E-state index is 0.476. The minimum atomic E-state index is -3.38. The summed E-state index contributed by atoms with van der Waals surface area (Å²) in [5.74, 6) is 0.555. The Kier molecular flexibility index (Phi) is 5.41. The van der Waals surface area contributed by atoms with Crippen LogP contribution in [-0.4, -0.2) is 32.9 Å². The lowest BCUT2D eigenvalue weighted by molar-refractivity contribution is 0.452. The topological polar surface area (TPSA) is 49.4 Å². The Morgan fingerprint density at radius 1 is 1.29 bits per heavy atom. The Morgan fingerprint density at radius 2 is 2.00 bits per heavy atom. The van der Waals surface area contributed by atoms with Gasteiger partial charge in [0.2, 0.25) is 10.0 Å². The molecule has 1 N–H and O–H groups in total. The molecule has 1 aliphatic carbocycles. The fraction of sp³-hybridized carbons (Fsp3) is 0.625. The second-order valence-corrected chi connectivity index (χ2v) is 7.82. The molecular formula is C16H26N2O2S. The van der Waals surface area contributed by atoms with Gasteiger partial charge in [0.05, 0.1) is 4.90 Å². The lowest BCUT2D eigenvalue weighted by Crippen LogP contribution is -2.30. The van der Waals surface area contributed by atoms with Gasteiger partial charge in [0.15, 0.2) is 0 Å². The van der Waals surface area contributed by atoms with Crippen LogP contribution in [0.4, 0.5) is 0 Å². The van der Waals surface area contributed by atoms with Crippen LogP contribution in [0.5, 0.6) is 0 Å². The Morgan fingerprint density at radius 3 is 2.57 bits per heavy atom. The molecule has 0 saturated heterocycles. The molecule has 4 nitrogen and oxygen atoms in total. The Hall–Kier alpha value is -0.910. The summed E-state index contributed by atoms with van der Waals surface area (Å²) in [4.78, 5) is 0.476. The van der Waals surface area contributed by atoms with E-state index in [0.29, 0.717) is 23.9 Å². The van der Waals surface area contributed by atoms with Gasteiger partial charge in [-0.2, -0.15) is 0 Å². The molecule has 0 bridgehead atoms. The molecule has 0 radical (unpaired) electrons. The zero-order valence-electron chi connectivity index (χ0n) is 13.2. The van der Waals surface area contributed by atoms with E-state index in [0.717, 1.165) is 36.9 Å². The number of sulfonamides is 1. The van der Waals surface area contributed by atoms with Gasteiger partial charge >= 0.3 is 0 Å². The first-order chi connectivity index (χ1) is 9.98. The van der Waals surface area contributed by atoms with Crippen molar-refractivity contribution in [1.29, 1.82) is 0 Å². The highest BCUT2D eigenvalue weighted by Gasteiger charge is 2.30. The highest BCUT2D eigenvalue weighted by atomic mass is 32.2. The maximum Gasteiger partial charge on any atom is 0.243 e. The number of nitrogens with one attached hydrogen (secondary N) is 1. The van der Waals surface area contributed by atoms with Crippen LogP contribution < -0.4 is 5.32 Å². The van der Waals surface area contributed by atoms with E-state index < -0.39 is 10.0 Å². The summed E-state index contributed by atoms with van der Waals surface area (Å²) in [5.41, 5.74) is 1.92. The molecule has 118 valence electrons. The Bertz CT molecular complexity index is 580. The molecule has 1 aromatic carbocycles. The molecule has 1 aromatic rings.